The molecule has 2 N–H and O–H groups in total. The molecule has 0 aliphatic carbocycles. The Kier molecular flexibility index (Phi) is 6.69. The number of phenols is 1. The molecule has 0 bridgehead atoms. The van der Waals surface area contributed by atoms with Gasteiger partial charge in [0.15, 0.2) is 11.5 Å². The van der Waals surface area contributed by atoms with Crippen LogP contribution in [0.5, 0.6) is 11.5 Å². The lowest BCUT2D eigenvalue weighted by atomic mass is 10.2. The van der Waals surface area contributed by atoms with E-state index in [1.165, 1.54) is 25.0 Å². The number of carbonyl (C=O) groups excluding carboxylic acids is 1. The number of amides is 1. The molecule has 5 nitrogen and oxygen atoms in total. The standard InChI is InChI=1S/C18H20N2O3S/c1-13(24-12-14-6-4-3-5-7-14)18(22)20-19-11-15-8-9-16(21)17(10-15)23-2/h3-11,13,21H,12H2,1-2H3,(H,20,22)/b19-11-/t13-/m0/s1. The zero-order valence-corrected chi connectivity index (χ0v) is 14.4. The maximum Gasteiger partial charge on any atom is 0.252 e. The van der Waals surface area contributed by atoms with Gasteiger partial charge < -0.3 is 9.84 Å². The Morgan fingerprint density at radius 1 is 1.33 bits per heavy atom. The first-order chi connectivity index (χ1) is 11.6. The van der Waals surface area contributed by atoms with Gasteiger partial charge in [0.1, 0.15) is 0 Å². The van der Waals surface area contributed by atoms with Crippen molar-refractivity contribution in [3.63, 3.8) is 0 Å². The highest BCUT2D eigenvalue weighted by Gasteiger charge is 2.12. The average molecular weight is 344 g/mol. The van der Waals surface area contributed by atoms with Crippen LogP contribution in [0.4, 0.5) is 0 Å². The molecule has 0 spiro atoms. The topological polar surface area (TPSA) is 70.9 Å². The third kappa shape index (κ3) is 5.31. The van der Waals surface area contributed by atoms with E-state index in [1.807, 2.05) is 37.3 Å². The van der Waals surface area contributed by atoms with E-state index in [1.54, 1.807) is 23.9 Å². The smallest absolute Gasteiger partial charge is 0.252 e. The Balaban J connectivity index is 1.83. The van der Waals surface area contributed by atoms with E-state index in [9.17, 15) is 9.90 Å². The number of hydrazone groups is 1. The van der Waals surface area contributed by atoms with Crippen LogP contribution in [0.15, 0.2) is 53.6 Å². The zero-order chi connectivity index (χ0) is 17.4. The van der Waals surface area contributed by atoms with Gasteiger partial charge in [-0.1, -0.05) is 30.3 Å². The molecule has 0 aliphatic rings. The Bertz CT molecular complexity index is 705. The molecule has 1 amide bonds. The molecule has 126 valence electrons. The molecule has 0 aromatic heterocycles. The number of hydrogen-bond acceptors (Lipinski definition) is 5. The normalized spacial score (nSPS) is 12.1. The molecule has 0 unspecified atom stereocenters. The molecule has 0 saturated carbocycles. The molecule has 0 heterocycles. The van der Waals surface area contributed by atoms with Crippen LogP contribution in [0, 0.1) is 0 Å². The lowest BCUT2D eigenvalue weighted by Crippen LogP contribution is -2.26. The van der Waals surface area contributed by atoms with Crippen molar-refractivity contribution in [3.05, 3.63) is 59.7 Å². The van der Waals surface area contributed by atoms with E-state index in [-0.39, 0.29) is 16.9 Å². The van der Waals surface area contributed by atoms with E-state index in [4.69, 9.17) is 4.74 Å². The molecular formula is C18H20N2O3S. The number of hydrogen-bond donors (Lipinski definition) is 2. The number of thioether (sulfide) groups is 1. The van der Waals surface area contributed by atoms with Crippen LogP contribution >= 0.6 is 11.8 Å². The minimum atomic E-state index is -0.211. The number of nitrogens with one attached hydrogen (secondary N) is 1. The summed E-state index contributed by atoms with van der Waals surface area (Å²) in [4.78, 5) is 12.0. The zero-order valence-electron chi connectivity index (χ0n) is 13.6. The van der Waals surface area contributed by atoms with E-state index >= 15 is 0 Å². The first-order valence-electron chi connectivity index (χ1n) is 7.45. The number of methoxy groups -OCH3 is 1. The highest BCUT2D eigenvalue weighted by atomic mass is 32.2. The third-order valence-electron chi connectivity index (χ3n) is 3.30. The first-order valence-corrected chi connectivity index (χ1v) is 8.50. The minimum absolute atomic E-state index is 0.0598. The molecule has 2 rings (SSSR count). The molecule has 0 saturated heterocycles. The molecule has 1 atom stereocenters. The number of nitrogens with zero attached hydrogens (tertiary/aromatic N) is 1. The van der Waals surface area contributed by atoms with Crippen LogP contribution in [0.2, 0.25) is 0 Å². The summed E-state index contributed by atoms with van der Waals surface area (Å²) in [6.45, 7) is 1.85. The largest absolute Gasteiger partial charge is 0.504 e. The van der Waals surface area contributed by atoms with Crippen molar-refractivity contribution >= 4 is 23.9 Å². The Morgan fingerprint density at radius 2 is 2.08 bits per heavy atom. The second-order valence-electron chi connectivity index (χ2n) is 5.10. The lowest BCUT2D eigenvalue weighted by molar-refractivity contribution is -0.120. The summed E-state index contributed by atoms with van der Waals surface area (Å²) in [6.07, 6.45) is 1.51. The molecule has 0 aliphatic heterocycles. The van der Waals surface area contributed by atoms with Crippen LogP contribution in [-0.2, 0) is 10.5 Å². The van der Waals surface area contributed by atoms with Gasteiger partial charge in [0.05, 0.1) is 18.6 Å². The van der Waals surface area contributed by atoms with Gasteiger partial charge >= 0.3 is 0 Å². The van der Waals surface area contributed by atoms with Crippen molar-refractivity contribution in [2.75, 3.05) is 7.11 Å². The fourth-order valence-electron chi connectivity index (χ4n) is 1.91. The first kappa shape index (κ1) is 17.9. The van der Waals surface area contributed by atoms with Crippen molar-refractivity contribution in [2.45, 2.75) is 17.9 Å². The summed E-state index contributed by atoms with van der Waals surface area (Å²) < 4.78 is 5.02. The van der Waals surface area contributed by atoms with Gasteiger partial charge in [-0.3, -0.25) is 4.79 Å². The van der Waals surface area contributed by atoms with Gasteiger partial charge in [-0.15, -0.1) is 11.8 Å². The van der Waals surface area contributed by atoms with Gasteiger partial charge in [0, 0.05) is 5.75 Å². The molecule has 0 fully saturated rings. The predicted molar refractivity (Wildman–Crippen MR) is 97.6 cm³/mol. The highest BCUT2D eigenvalue weighted by Crippen LogP contribution is 2.25. The molecule has 0 radical (unpaired) electrons. The maximum absolute atomic E-state index is 12.0. The summed E-state index contributed by atoms with van der Waals surface area (Å²) in [6, 6.07) is 14.8. The van der Waals surface area contributed by atoms with Crippen molar-refractivity contribution in [3.8, 4) is 11.5 Å². The fourth-order valence-corrected chi connectivity index (χ4v) is 2.75. The number of rotatable bonds is 7. The molecular weight excluding hydrogens is 324 g/mol. The molecule has 24 heavy (non-hydrogen) atoms. The van der Waals surface area contributed by atoms with E-state index < -0.39 is 0 Å². The lowest BCUT2D eigenvalue weighted by Gasteiger charge is -2.09. The molecule has 6 heteroatoms. The van der Waals surface area contributed by atoms with Gasteiger partial charge in [0.2, 0.25) is 0 Å². The monoisotopic (exact) mass is 344 g/mol. The van der Waals surface area contributed by atoms with Crippen molar-refractivity contribution in [2.24, 2.45) is 5.10 Å². The number of aromatic hydroxyl groups is 1. The quantitative estimate of drug-likeness (QED) is 0.598. The van der Waals surface area contributed by atoms with Crippen molar-refractivity contribution < 1.29 is 14.6 Å². The SMILES string of the molecule is COc1cc(/C=N\NC(=O)[C@H](C)SCc2ccccc2)ccc1O. The van der Waals surface area contributed by atoms with Crippen LogP contribution in [0.25, 0.3) is 0 Å². The highest BCUT2D eigenvalue weighted by molar-refractivity contribution is 7.99. The summed E-state index contributed by atoms with van der Waals surface area (Å²) in [5.41, 5.74) is 4.43. The Labute approximate surface area is 145 Å². The average Bonchev–Trinajstić information content (AvgIpc) is 2.61. The molecule has 2 aromatic carbocycles. The maximum atomic E-state index is 12.0. The Hall–Kier alpha value is -2.47. The number of phenolic OH excluding ortho intramolecular Hbond substituents is 1. The van der Waals surface area contributed by atoms with E-state index in [2.05, 4.69) is 10.5 Å². The number of benzene rings is 2. The van der Waals surface area contributed by atoms with Crippen molar-refractivity contribution in [1.29, 1.82) is 0 Å². The summed E-state index contributed by atoms with van der Waals surface area (Å²) >= 11 is 1.55. The summed E-state index contributed by atoms with van der Waals surface area (Å²) in [5.74, 6) is 1.04. The number of ether oxygens (including phenoxy) is 1. The van der Waals surface area contributed by atoms with Crippen LogP contribution in [-0.4, -0.2) is 29.6 Å². The second-order valence-corrected chi connectivity index (χ2v) is 6.43. The second kappa shape index (κ2) is 8.98. The Morgan fingerprint density at radius 3 is 2.79 bits per heavy atom. The van der Waals surface area contributed by atoms with E-state index in [0.717, 1.165) is 11.3 Å². The summed E-state index contributed by atoms with van der Waals surface area (Å²) in [7, 11) is 1.48. The fraction of sp³-hybridized carbons (Fsp3) is 0.222. The van der Waals surface area contributed by atoms with Gasteiger partial charge in [-0.05, 0) is 36.2 Å². The number of carbonyl (C=O) groups is 1. The van der Waals surface area contributed by atoms with Gasteiger partial charge in [-0.2, -0.15) is 5.10 Å². The molecule has 2 aromatic rings. The van der Waals surface area contributed by atoms with Gasteiger partial charge in [-0.25, -0.2) is 5.43 Å². The van der Waals surface area contributed by atoms with Crippen molar-refractivity contribution in [1.82, 2.24) is 5.43 Å². The van der Waals surface area contributed by atoms with E-state index in [0.29, 0.717) is 5.75 Å². The summed E-state index contributed by atoms with van der Waals surface area (Å²) in [5, 5.41) is 13.3. The van der Waals surface area contributed by atoms with Crippen LogP contribution in [0.3, 0.4) is 0 Å². The predicted octanol–water partition coefficient (Wildman–Crippen LogP) is 3.17. The third-order valence-corrected chi connectivity index (χ3v) is 4.52. The van der Waals surface area contributed by atoms with Gasteiger partial charge in [0.25, 0.3) is 5.91 Å². The van der Waals surface area contributed by atoms with Crippen LogP contribution < -0.4 is 10.2 Å². The minimum Gasteiger partial charge on any atom is -0.504 e. The van der Waals surface area contributed by atoms with Crippen LogP contribution in [0.1, 0.15) is 18.1 Å².